The molecule has 0 radical (unpaired) electrons. The van der Waals surface area contributed by atoms with Crippen molar-refractivity contribution in [2.45, 2.75) is 33.4 Å². The number of carbonyl (C=O) groups is 1. The van der Waals surface area contributed by atoms with Crippen LogP contribution < -0.4 is 5.32 Å². The zero-order valence-electron chi connectivity index (χ0n) is 14.9. The van der Waals surface area contributed by atoms with E-state index in [4.69, 9.17) is 0 Å². The molecule has 4 nitrogen and oxygen atoms in total. The molecule has 0 atom stereocenters. The fraction of sp³-hybridized carbons (Fsp3) is 0.238. The van der Waals surface area contributed by atoms with Gasteiger partial charge in [-0.2, -0.15) is 5.26 Å². The van der Waals surface area contributed by atoms with E-state index in [0.717, 1.165) is 11.1 Å². The van der Waals surface area contributed by atoms with E-state index in [-0.39, 0.29) is 11.6 Å². The SMILES string of the molecule is Cc1ccc(NC(=O)/C(C#N)=C\N(Cc2ccccc2)C(C)C)cc1. The number of rotatable bonds is 6. The second-order valence-corrected chi connectivity index (χ2v) is 6.23. The van der Waals surface area contributed by atoms with Gasteiger partial charge in [-0.1, -0.05) is 48.0 Å². The molecular formula is C21H23N3O. The minimum Gasteiger partial charge on any atom is -0.369 e. The normalized spacial score (nSPS) is 11.1. The molecule has 0 aliphatic rings. The van der Waals surface area contributed by atoms with Crippen LogP contribution in [-0.2, 0) is 11.3 Å². The molecule has 1 amide bonds. The molecule has 0 unspecified atom stereocenters. The largest absolute Gasteiger partial charge is 0.369 e. The maximum absolute atomic E-state index is 12.4. The van der Waals surface area contributed by atoms with E-state index in [1.54, 1.807) is 6.20 Å². The third-order valence-corrected chi connectivity index (χ3v) is 3.84. The summed E-state index contributed by atoms with van der Waals surface area (Å²) in [4.78, 5) is 14.4. The third-order valence-electron chi connectivity index (χ3n) is 3.84. The fourth-order valence-electron chi connectivity index (χ4n) is 2.31. The number of aryl methyl sites for hydroxylation is 1. The van der Waals surface area contributed by atoms with E-state index in [2.05, 4.69) is 5.32 Å². The van der Waals surface area contributed by atoms with Gasteiger partial charge in [0, 0.05) is 24.5 Å². The highest BCUT2D eigenvalue weighted by Crippen LogP contribution is 2.13. The van der Waals surface area contributed by atoms with Gasteiger partial charge in [-0.25, -0.2) is 0 Å². The van der Waals surface area contributed by atoms with Gasteiger partial charge in [0.2, 0.25) is 0 Å². The van der Waals surface area contributed by atoms with Crippen molar-refractivity contribution in [2.24, 2.45) is 0 Å². The standard InChI is InChI=1S/C21H23N3O/c1-16(2)24(14-18-7-5-4-6-8-18)15-19(13-22)21(25)23-20-11-9-17(3)10-12-20/h4-12,15-16H,14H2,1-3H3,(H,23,25)/b19-15-. The third kappa shape index (κ3) is 5.50. The topological polar surface area (TPSA) is 56.1 Å². The zero-order valence-corrected chi connectivity index (χ0v) is 14.9. The Hall–Kier alpha value is -3.06. The van der Waals surface area contributed by atoms with Crippen molar-refractivity contribution in [1.29, 1.82) is 5.26 Å². The molecule has 0 fully saturated rings. The Kier molecular flexibility index (Phi) is 6.36. The number of nitrogens with zero attached hydrogens (tertiary/aromatic N) is 2. The molecule has 1 N–H and O–H groups in total. The Morgan fingerprint density at radius 1 is 1.16 bits per heavy atom. The Morgan fingerprint density at radius 2 is 1.80 bits per heavy atom. The smallest absolute Gasteiger partial charge is 0.267 e. The monoisotopic (exact) mass is 333 g/mol. The van der Waals surface area contributed by atoms with E-state index in [0.29, 0.717) is 12.2 Å². The molecule has 0 spiro atoms. The predicted octanol–water partition coefficient (Wildman–Crippen LogP) is 4.25. The Morgan fingerprint density at radius 3 is 2.36 bits per heavy atom. The molecule has 128 valence electrons. The second kappa shape index (κ2) is 8.70. The van der Waals surface area contributed by atoms with Gasteiger partial charge in [0.05, 0.1) is 0 Å². The quantitative estimate of drug-likeness (QED) is 0.635. The molecular weight excluding hydrogens is 310 g/mol. The molecule has 2 rings (SSSR count). The first kappa shape index (κ1) is 18.3. The van der Waals surface area contributed by atoms with Crippen LogP contribution >= 0.6 is 0 Å². The van der Waals surface area contributed by atoms with Gasteiger partial charge in [-0.05, 0) is 38.5 Å². The van der Waals surface area contributed by atoms with Crippen LogP contribution in [0.25, 0.3) is 0 Å². The summed E-state index contributed by atoms with van der Waals surface area (Å²) in [6.45, 7) is 6.69. The zero-order chi connectivity index (χ0) is 18.2. The predicted molar refractivity (Wildman–Crippen MR) is 101 cm³/mol. The van der Waals surface area contributed by atoms with Gasteiger partial charge in [0.15, 0.2) is 0 Å². The van der Waals surface area contributed by atoms with Crippen molar-refractivity contribution in [3.8, 4) is 6.07 Å². The minimum absolute atomic E-state index is 0.0882. The van der Waals surface area contributed by atoms with Crippen molar-refractivity contribution in [3.63, 3.8) is 0 Å². The van der Waals surface area contributed by atoms with Crippen LogP contribution in [0.1, 0.15) is 25.0 Å². The lowest BCUT2D eigenvalue weighted by Gasteiger charge is -2.25. The minimum atomic E-state index is -0.398. The summed E-state index contributed by atoms with van der Waals surface area (Å²) in [5, 5.41) is 12.2. The van der Waals surface area contributed by atoms with Crippen LogP contribution in [0.15, 0.2) is 66.4 Å². The number of anilines is 1. The lowest BCUT2D eigenvalue weighted by atomic mass is 10.1. The fourth-order valence-corrected chi connectivity index (χ4v) is 2.31. The number of amides is 1. The summed E-state index contributed by atoms with van der Waals surface area (Å²) in [6.07, 6.45) is 1.64. The van der Waals surface area contributed by atoms with Crippen LogP contribution in [0.5, 0.6) is 0 Å². The van der Waals surface area contributed by atoms with Gasteiger partial charge >= 0.3 is 0 Å². The van der Waals surface area contributed by atoms with Crippen molar-refractivity contribution in [3.05, 3.63) is 77.5 Å². The van der Waals surface area contributed by atoms with Crippen LogP contribution in [0.4, 0.5) is 5.69 Å². The second-order valence-electron chi connectivity index (χ2n) is 6.23. The maximum atomic E-state index is 12.4. The van der Waals surface area contributed by atoms with Crippen LogP contribution in [-0.4, -0.2) is 16.8 Å². The summed E-state index contributed by atoms with van der Waals surface area (Å²) in [6, 6.07) is 19.6. The molecule has 0 heterocycles. The molecule has 4 heteroatoms. The number of hydrogen-bond donors (Lipinski definition) is 1. The van der Waals surface area contributed by atoms with E-state index in [1.165, 1.54) is 0 Å². The molecule has 0 saturated carbocycles. The van der Waals surface area contributed by atoms with Gasteiger partial charge in [-0.15, -0.1) is 0 Å². The number of nitriles is 1. The molecule has 2 aromatic carbocycles. The van der Waals surface area contributed by atoms with Crippen molar-refractivity contribution < 1.29 is 4.79 Å². The number of carbonyl (C=O) groups excluding carboxylic acids is 1. The molecule has 0 aromatic heterocycles. The van der Waals surface area contributed by atoms with Gasteiger partial charge in [0.25, 0.3) is 5.91 Å². The van der Waals surface area contributed by atoms with Crippen LogP contribution in [0, 0.1) is 18.3 Å². The average molecular weight is 333 g/mol. The van der Waals surface area contributed by atoms with Crippen molar-refractivity contribution in [1.82, 2.24) is 4.90 Å². The average Bonchev–Trinajstić information content (AvgIpc) is 2.61. The molecule has 0 aliphatic carbocycles. The first-order chi connectivity index (χ1) is 12.0. The Balaban J connectivity index is 2.15. The highest BCUT2D eigenvalue weighted by atomic mass is 16.1. The van der Waals surface area contributed by atoms with Gasteiger partial charge in [0.1, 0.15) is 11.6 Å². The lowest BCUT2D eigenvalue weighted by Crippen LogP contribution is -2.27. The summed E-state index contributed by atoms with van der Waals surface area (Å²) >= 11 is 0. The van der Waals surface area contributed by atoms with E-state index >= 15 is 0 Å². The lowest BCUT2D eigenvalue weighted by molar-refractivity contribution is -0.112. The first-order valence-electron chi connectivity index (χ1n) is 8.29. The highest BCUT2D eigenvalue weighted by Gasteiger charge is 2.14. The Bertz CT molecular complexity index is 771. The summed E-state index contributed by atoms with van der Waals surface area (Å²) in [5.41, 5.74) is 3.01. The van der Waals surface area contributed by atoms with Gasteiger partial charge in [-0.3, -0.25) is 4.79 Å². The van der Waals surface area contributed by atoms with Crippen LogP contribution in [0.3, 0.4) is 0 Å². The van der Waals surface area contributed by atoms with E-state index in [1.807, 2.05) is 86.3 Å². The summed E-state index contributed by atoms with van der Waals surface area (Å²) < 4.78 is 0. The number of nitrogens with one attached hydrogen (secondary N) is 1. The van der Waals surface area contributed by atoms with Crippen molar-refractivity contribution >= 4 is 11.6 Å². The van der Waals surface area contributed by atoms with Crippen molar-refractivity contribution in [2.75, 3.05) is 5.32 Å². The molecule has 2 aromatic rings. The molecule has 0 saturated heterocycles. The maximum Gasteiger partial charge on any atom is 0.267 e. The van der Waals surface area contributed by atoms with Gasteiger partial charge < -0.3 is 10.2 Å². The number of benzene rings is 2. The number of hydrogen-bond acceptors (Lipinski definition) is 3. The molecule has 0 bridgehead atoms. The summed E-state index contributed by atoms with van der Waals surface area (Å²) in [7, 11) is 0. The van der Waals surface area contributed by atoms with E-state index < -0.39 is 5.91 Å². The molecule has 25 heavy (non-hydrogen) atoms. The van der Waals surface area contributed by atoms with Crippen LogP contribution in [0.2, 0.25) is 0 Å². The van der Waals surface area contributed by atoms with E-state index in [9.17, 15) is 10.1 Å². The highest BCUT2D eigenvalue weighted by molar-refractivity contribution is 6.06. The summed E-state index contributed by atoms with van der Waals surface area (Å²) in [5.74, 6) is -0.398. The molecule has 0 aliphatic heterocycles. The first-order valence-corrected chi connectivity index (χ1v) is 8.29. The Labute approximate surface area is 149 Å².